The van der Waals surface area contributed by atoms with Crippen LogP contribution in [0.15, 0.2) is 4.99 Å². The van der Waals surface area contributed by atoms with Crippen LogP contribution in [0.4, 0.5) is 13.2 Å². The maximum Gasteiger partial charge on any atom is 0.401 e. The first-order chi connectivity index (χ1) is 13.5. The first kappa shape index (κ1) is 23.2. The lowest BCUT2D eigenvalue weighted by Gasteiger charge is -2.32. The van der Waals surface area contributed by atoms with E-state index in [2.05, 4.69) is 15.6 Å². The van der Waals surface area contributed by atoms with Gasteiger partial charge in [0.05, 0.1) is 25.9 Å². The molecule has 0 saturated carbocycles. The van der Waals surface area contributed by atoms with E-state index in [1.54, 1.807) is 0 Å². The molecule has 0 aromatic carbocycles. The molecule has 9 heteroatoms. The van der Waals surface area contributed by atoms with Gasteiger partial charge in [0.25, 0.3) is 0 Å². The lowest BCUT2D eigenvalue weighted by atomic mass is 9.93. The van der Waals surface area contributed by atoms with Crippen molar-refractivity contribution in [3.63, 3.8) is 0 Å². The summed E-state index contributed by atoms with van der Waals surface area (Å²) in [6, 6.07) is 0. The summed E-state index contributed by atoms with van der Waals surface area (Å²) < 4.78 is 48.5. The molecule has 1 atom stereocenters. The average Bonchev–Trinajstić information content (AvgIpc) is 3.15. The lowest BCUT2D eigenvalue weighted by Crippen LogP contribution is -2.40. The summed E-state index contributed by atoms with van der Waals surface area (Å²) in [5.41, 5.74) is 0. The van der Waals surface area contributed by atoms with Crippen molar-refractivity contribution in [3.05, 3.63) is 0 Å². The standard InChI is InChI=1S/C19H35F3N4O2/c1-2-23-18(25-9-13-27-14-17-4-3-12-28-17)24-8-5-16-6-10-26(11-7-16)15-19(20,21)22/h16-17H,2-15H2,1H3,(H2,23,24,25). The second-order valence-corrected chi connectivity index (χ2v) is 7.52. The smallest absolute Gasteiger partial charge is 0.377 e. The number of nitrogens with zero attached hydrogens (tertiary/aromatic N) is 2. The van der Waals surface area contributed by atoms with Crippen LogP contribution in [0.25, 0.3) is 0 Å². The van der Waals surface area contributed by atoms with Gasteiger partial charge in [-0.05, 0) is 58.0 Å². The van der Waals surface area contributed by atoms with Crippen LogP contribution >= 0.6 is 0 Å². The molecule has 28 heavy (non-hydrogen) atoms. The summed E-state index contributed by atoms with van der Waals surface area (Å²) in [7, 11) is 0. The predicted molar refractivity (Wildman–Crippen MR) is 104 cm³/mol. The van der Waals surface area contributed by atoms with Crippen molar-refractivity contribution in [1.29, 1.82) is 0 Å². The van der Waals surface area contributed by atoms with Crippen molar-refractivity contribution in [2.24, 2.45) is 10.9 Å². The molecule has 6 nitrogen and oxygen atoms in total. The average molecular weight is 409 g/mol. The van der Waals surface area contributed by atoms with Gasteiger partial charge in [-0.3, -0.25) is 9.89 Å². The van der Waals surface area contributed by atoms with Gasteiger partial charge >= 0.3 is 6.18 Å². The van der Waals surface area contributed by atoms with Crippen molar-refractivity contribution < 1.29 is 22.6 Å². The van der Waals surface area contributed by atoms with E-state index in [0.717, 1.165) is 51.2 Å². The number of rotatable bonds is 10. The SMILES string of the molecule is CCNC(=NCCC1CCN(CC(F)(F)F)CC1)NCCOCC1CCCO1. The van der Waals surface area contributed by atoms with Gasteiger partial charge in [-0.2, -0.15) is 13.2 Å². The number of nitrogens with one attached hydrogen (secondary N) is 2. The minimum atomic E-state index is -4.10. The van der Waals surface area contributed by atoms with Crippen LogP contribution in [0.3, 0.4) is 0 Å². The third-order valence-corrected chi connectivity index (χ3v) is 5.13. The molecule has 2 fully saturated rings. The fourth-order valence-electron chi connectivity index (χ4n) is 3.62. The van der Waals surface area contributed by atoms with Crippen LogP contribution in [-0.4, -0.2) is 82.2 Å². The molecule has 2 aliphatic rings. The van der Waals surface area contributed by atoms with E-state index in [9.17, 15) is 13.2 Å². The number of hydrogen-bond acceptors (Lipinski definition) is 4. The van der Waals surface area contributed by atoms with E-state index in [1.807, 2.05) is 6.92 Å². The number of alkyl halides is 3. The maximum absolute atomic E-state index is 12.4. The second kappa shape index (κ2) is 12.5. The van der Waals surface area contributed by atoms with Gasteiger partial charge < -0.3 is 20.1 Å². The Hall–Kier alpha value is -1.06. The molecule has 0 spiro atoms. The first-order valence-electron chi connectivity index (χ1n) is 10.5. The monoisotopic (exact) mass is 408 g/mol. The molecule has 0 radical (unpaired) electrons. The summed E-state index contributed by atoms with van der Waals surface area (Å²) in [6.07, 6.45) is 0.865. The van der Waals surface area contributed by atoms with Crippen LogP contribution < -0.4 is 10.6 Å². The Morgan fingerprint density at radius 3 is 2.64 bits per heavy atom. The number of hydrogen-bond donors (Lipinski definition) is 2. The van der Waals surface area contributed by atoms with Gasteiger partial charge in [0.15, 0.2) is 5.96 Å². The van der Waals surface area contributed by atoms with Crippen molar-refractivity contribution in [2.75, 3.05) is 59.1 Å². The number of ether oxygens (including phenoxy) is 2. The molecule has 2 heterocycles. The highest BCUT2D eigenvalue weighted by atomic mass is 19.4. The molecule has 2 saturated heterocycles. The first-order valence-corrected chi connectivity index (χ1v) is 10.5. The van der Waals surface area contributed by atoms with E-state index in [1.165, 1.54) is 4.90 Å². The Morgan fingerprint density at radius 2 is 2.00 bits per heavy atom. The van der Waals surface area contributed by atoms with Crippen molar-refractivity contribution in [1.82, 2.24) is 15.5 Å². The topological polar surface area (TPSA) is 58.1 Å². The molecular formula is C19H35F3N4O2. The molecular weight excluding hydrogens is 373 g/mol. The van der Waals surface area contributed by atoms with Crippen molar-refractivity contribution in [3.8, 4) is 0 Å². The highest BCUT2D eigenvalue weighted by Gasteiger charge is 2.32. The predicted octanol–water partition coefficient (Wildman–Crippen LogP) is 2.40. The Labute approximate surface area is 166 Å². The van der Waals surface area contributed by atoms with Crippen LogP contribution in [0.5, 0.6) is 0 Å². The summed E-state index contributed by atoms with van der Waals surface area (Å²) in [6.45, 7) is 6.48. The zero-order chi connectivity index (χ0) is 20.2. The largest absolute Gasteiger partial charge is 0.401 e. The minimum Gasteiger partial charge on any atom is -0.377 e. The third kappa shape index (κ3) is 9.93. The van der Waals surface area contributed by atoms with Crippen LogP contribution in [-0.2, 0) is 9.47 Å². The van der Waals surface area contributed by atoms with Gasteiger partial charge in [-0.1, -0.05) is 0 Å². The Bertz CT molecular complexity index is 449. The van der Waals surface area contributed by atoms with Crippen LogP contribution in [0, 0.1) is 5.92 Å². The van der Waals surface area contributed by atoms with Crippen molar-refractivity contribution >= 4 is 5.96 Å². The Balaban J connectivity index is 1.57. The Kier molecular flexibility index (Phi) is 10.4. The quantitative estimate of drug-likeness (QED) is 0.330. The normalized spacial score (nSPS) is 22.6. The highest BCUT2D eigenvalue weighted by Crippen LogP contribution is 2.24. The molecule has 164 valence electrons. The molecule has 0 aromatic rings. The number of halogens is 3. The molecule has 2 aliphatic heterocycles. The van der Waals surface area contributed by atoms with Crippen molar-refractivity contribution in [2.45, 2.75) is 51.3 Å². The molecule has 1 unspecified atom stereocenters. The summed E-state index contributed by atoms with van der Waals surface area (Å²) in [5, 5.41) is 6.47. The second-order valence-electron chi connectivity index (χ2n) is 7.52. The van der Waals surface area contributed by atoms with E-state index < -0.39 is 12.7 Å². The van der Waals surface area contributed by atoms with E-state index in [-0.39, 0.29) is 6.10 Å². The zero-order valence-corrected chi connectivity index (χ0v) is 16.9. The van der Waals surface area contributed by atoms with Gasteiger partial charge in [-0.15, -0.1) is 0 Å². The van der Waals surface area contributed by atoms with E-state index in [4.69, 9.17) is 9.47 Å². The summed E-state index contributed by atoms with van der Waals surface area (Å²) >= 11 is 0. The van der Waals surface area contributed by atoms with Gasteiger partial charge in [0.2, 0.25) is 0 Å². The molecule has 0 bridgehead atoms. The molecule has 2 N–H and O–H groups in total. The fourth-order valence-corrected chi connectivity index (χ4v) is 3.62. The third-order valence-electron chi connectivity index (χ3n) is 5.13. The number of likely N-dealkylation sites (tertiary alicyclic amines) is 1. The van der Waals surface area contributed by atoms with Crippen LogP contribution in [0.1, 0.15) is 39.0 Å². The number of guanidine groups is 1. The van der Waals surface area contributed by atoms with E-state index >= 15 is 0 Å². The highest BCUT2D eigenvalue weighted by molar-refractivity contribution is 5.79. The minimum absolute atomic E-state index is 0.240. The molecule has 0 amide bonds. The fraction of sp³-hybridized carbons (Fsp3) is 0.947. The molecule has 2 rings (SSSR count). The molecule has 0 aromatic heterocycles. The Morgan fingerprint density at radius 1 is 1.21 bits per heavy atom. The van der Waals surface area contributed by atoms with E-state index in [0.29, 0.717) is 45.3 Å². The van der Waals surface area contributed by atoms with Crippen LogP contribution in [0.2, 0.25) is 0 Å². The number of aliphatic imine (C=N–C) groups is 1. The maximum atomic E-state index is 12.4. The summed E-state index contributed by atoms with van der Waals surface area (Å²) in [5.74, 6) is 1.21. The molecule has 0 aliphatic carbocycles. The lowest BCUT2D eigenvalue weighted by molar-refractivity contribution is -0.148. The number of piperidine rings is 1. The van der Waals surface area contributed by atoms with Gasteiger partial charge in [-0.25, -0.2) is 0 Å². The zero-order valence-electron chi connectivity index (χ0n) is 16.9. The van der Waals surface area contributed by atoms with Gasteiger partial charge in [0.1, 0.15) is 0 Å². The van der Waals surface area contributed by atoms with Gasteiger partial charge in [0, 0.05) is 26.2 Å². The summed E-state index contributed by atoms with van der Waals surface area (Å²) in [4.78, 5) is 6.08.